The third kappa shape index (κ3) is 4.11. The molecule has 2 aliphatic rings. The maximum absolute atomic E-state index is 12.0. The fourth-order valence-electron chi connectivity index (χ4n) is 3.10. The molecule has 0 saturated carbocycles. The normalized spacial score (nSPS) is 23.3. The largest absolute Gasteiger partial charge is 0.330 e. The maximum Gasteiger partial charge on any atom is 0.330 e. The Bertz CT molecular complexity index is 681. The first-order valence-corrected chi connectivity index (χ1v) is 8.46. The summed E-state index contributed by atoms with van der Waals surface area (Å²) >= 11 is 0. The van der Waals surface area contributed by atoms with Crippen molar-refractivity contribution in [3.05, 3.63) is 35.9 Å². The van der Waals surface area contributed by atoms with Gasteiger partial charge in [0.15, 0.2) is 5.92 Å². The second kappa shape index (κ2) is 7.57. The van der Waals surface area contributed by atoms with Crippen molar-refractivity contribution in [2.75, 3.05) is 20.1 Å². The number of piperidine rings is 1. The summed E-state index contributed by atoms with van der Waals surface area (Å²) in [5, 5.41) is 2.16. The molecule has 1 aromatic carbocycles. The van der Waals surface area contributed by atoms with E-state index in [1.54, 1.807) is 0 Å². The minimum Gasteiger partial charge on any atom is -0.299 e. The highest BCUT2D eigenvalue weighted by Crippen LogP contribution is 2.17. The third-order valence-electron chi connectivity index (χ3n) is 4.67. The lowest BCUT2D eigenvalue weighted by atomic mass is 10.0. The zero-order chi connectivity index (χ0) is 17.8. The van der Waals surface area contributed by atoms with Crippen LogP contribution in [-0.4, -0.2) is 60.0 Å². The minimum atomic E-state index is -1.01. The molecule has 1 aromatic rings. The Morgan fingerprint density at radius 2 is 1.84 bits per heavy atom. The summed E-state index contributed by atoms with van der Waals surface area (Å²) in [5.41, 5.74) is 1.29. The molecular weight excluding hydrogens is 320 g/mol. The number of nitrogens with zero attached hydrogens (tertiary/aromatic N) is 3. The molecule has 1 N–H and O–H groups in total. The summed E-state index contributed by atoms with van der Waals surface area (Å²) in [6.45, 7) is 2.79. The number of carbonyl (C=O) groups excluding carboxylic acids is 3. The SMILES string of the molecule is CN1C(=O)NC(=O)[C@H](C=NC2CCN(Cc3ccccc3)CC2)C1=O. The Kier molecular flexibility index (Phi) is 5.23. The Morgan fingerprint density at radius 3 is 2.52 bits per heavy atom. The lowest BCUT2D eigenvalue weighted by Gasteiger charge is -2.30. The summed E-state index contributed by atoms with van der Waals surface area (Å²) in [7, 11) is 1.35. The molecule has 2 saturated heterocycles. The van der Waals surface area contributed by atoms with Crippen LogP contribution in [0.5, 0.6) is 0 Å². The second-order valence-electron chi connectivity index (χ2n) is 6.46. The van der Waals surface area contributed by atoms with Gasteiger partial charge < -0.3 is 0 Å². The zero-order valence-electron chi connectivity index (χ0n) is 14.2. The molecule has 25 heavy (non-hydrogen) atoms. The number of aliphatic imine (C=N–C) groups is 1. The first kappa shape index (κ1) is 17.3. The van der Waals surface area contributed by atoms with Gasteiger partial charge in [-0.1, -0.05) is 30.3 Å². The van der Waals surface area contributed by atoms with Gasteiger partial charge >= 0.3 is 6.03 Å². The first-order valence-electron chi connectivity index (χ1n) is 8.46. The van der Waals surface area contributed by atoms with Gasteiger partial charge in [-0.25, -0.2) is 4.79 Å². The highest BCUT2D eigenvalue weighted by Gasteiger charge is 2.37. The molecule has 132 valence electrons. The van der Waals surface area contributed by atoms with Crippen LogP contribution >= 0.6 is 0 Å². The summed E-state index contributed by atoms with van der Waals surface area (Å²) in [5.74, 6) is -2.14. The molecule has 0 aliphatic carbocycles. The Hall–Kier alpha value is -2.54. The molecular formula is C18H22N4O3. The average Bonchev–Trinajstić information content (AvgIpc) is 2.62. The Balaban J connectivity index is 1.51. The molecule has 3 rings (SSSR count). The summed E-state index contributed by atoms with van der Waals surface area (Å²) in [6.07, 6.45) is 3.18. The zero-order valence-corrected chi connectivity index (χ0v) is 14.2. The van der Waals surface area contributed by atoms with Gasteiger partial charge in [-0.3, -0.25) is 29.7 Å². The number of hydrogen-bond donors (Lipinski definition) is 1. The number of carbonyl (C=O) groups is 3. The van der Waals surface area contributed by atoms with Gasteiger partial charge in [-0.15, -0.1) is 0 Å². The van der Waals surface area contributed by atoms with E-state index in [9.17, 15) is 14.4 Å². The number of benzene rings is 1. The predicted octanol–water partition coefficient (Wildman–Crippen LogP) is 1.05. The van der Waals surface area contributed by atoms with E-state index in [0.717, 1.165) is 37.4 Å². The van der Waals surface area contributed by atoms with Crippen LogP contribution < -0.4 is 5.32 Å². The van der Waals surface area contributed by atoms with Crippen molar-refractivity contribution in [3.8, 4) is 0 Å². The van der Waals surface area contributed by atoms with E-state index < -0.39 is 23.8 Å². The molecule has 0 aromatic heterocycles. The second-order valence-corrected chi connectivity index (χ2v) is 6.46. The molecule has 1 atom stereocenters. The number of barbiturate groups is 1. The van der Waals surface area contributed by atoms with Gasteiger partial charge in [0.2, 0.25) is 11.8 Å². The van der Waals surface area contributed by atoms with Crippen LogP contribution in [0, 0.1) is 5.92 Å². The summed E-state index contributed by atoms with van der Waals surface area (Å²) in [6, 6.07) is 9.76. The van der Waals surface area contributed by atoms with Gasteiger partial charge in [0.05, 0.1) is 6.04 Å². The number of amides is 4. The molecule has 2 aliphatic heterocycles. The van der Waals surface area contributed by atoms with Gasteiger partial charge in [0.25, 0.3) is 0 Å². The monoisotopic (exact) mass is 342 g/mol. The van der Waals surface area contributed by atoms with E-state index in [1.165, 1.54) is 18.8 Å². The van der Waals surface area contributed by atoms with Crippen molar-refractivity contribution in [3.63, 3.8) is 0 Å². The standard InChI is InChI=1S/C18H22N4O3/c1-21-17(24)15(16(23)20-18(21)25)11-19-14-7-9-22(10-8-14)12-13-5-3-2-4-6-13/h2-6,11,14-15H,7-10,12H2,1H3,(H,20,23,25)/t15-/m0/s1. The Morgan fingerprint density at radius 1 is 1.16 bits per heavy atom. The van der Waals surface area contributed by atoms with Crippen molar-refractivity contribution in [1.29, 1.82) is 0 Å². The van der Waals surface area contributed by atoms with Crippen LogP contribution in [0.25, 0.3) is 0 Å². The van der Waals surface area contributed by atoms with Crippen molar-refractivity contribution in [1.82, 2.24) is 15.1 Å². The number of hydrogen-bond acceptors (Lipinski definition) is 5. The van der Waals surface area contributed by atoms with Crippen LogP contribution in [0.3, 0.4) is 0 Å². The molecule has 0 radical (unpaired) electrons. The molecule has 2 fully saturated rings. The summed E-state index contributed by atoms with van der Waals surface area (Å²) in [4.78, 5) is 42.9. The fourth-order valence-corrected chi connectivity index (χ4v) is 3.10. The third-order valence-corrected chi connectivity index (χ3v) is 4.67. The molecule has 0 bridgehead atoms. The molecule has 0 unspecified atom stereocenters. The first-order chi connectivity index (χ1) is 12.0. The van der Waals surface area contributed by atoms with Crippen molar-refractivity contribution < 1.29 is 14.4 Å². The number of imide groups is 2. The van der Waals surface area contributed by atoms with Crippen LogP contribution in [0.4, 0.5) is 4.79 Å². The highest BCUT2D eigenvalue weighted by atomic mass is 16.2. The lowest BCUT2D eigenvalue weighted by Crippen LogP contribution is -2.56. The number of likely N-dealkylation sites (tertiary alicyclic amines) is 1. The molecule has 7 nitrogen and oxygen atoms in total. The smallest absolute Gasteiger partial charge is 0.299 e. The fraction of sp³-hybridized carbons (Fsp3) is 0.444. The predicted molar refractivity (Wildman–Crippen MR) is 93.0 cm³/mol. The topological polar surface area (TPSA) is 82.1 Å². The van der Waals surface area contributed by atoms with E-state index in [1.807, 2.05) is 18.2 Å². The molecule has 4 amide bonds. The average molecular weight is 342 g/mol. The van der Waals surface area contributed by atoms with Crippen molar-refractivity contribution >= 4 is 24.1 Å². The quantitative estimate of drug-likeness (QED) is 0.655. The van der Waals surface area contributed by atoms with E-state index >= 15 is 0 Å². The van der Waals surface area contributed by atoms with Crippen LogP contribution in [0.1, 0.15) is 18.4 Å². The Labute approximate surface area is 146 Å². The number of nitrogens with one attached hydrogen (secondary N) is 1. The van der Waals surface area contributed by atoms with Crippen molar-refractivity contribution in [2.45, 2.75) is 25.4 Å². The van der Waals surface area contributed by atoms with Crippen molar-refractivity contribution in [2.24, 2.45) is 10.9 Å². The van der Waals surface area contributed by atoms with E-state index in [-0.39, 0.29) is 6.04 Å². The van der Waals surface area contributed by atoms with Crippen LogP contribution in [0.2, 0.25) is 0 Å². The molecule has 2 heterocycles. The minimum absolute atomic E-state index is 0.107. The van der Waals surface area contributed by atoms with E-state index in [4.69, 9.17) is 0 Å². The molecule has 0 spiro atoms. The lowest BCUT2D eigenvalue weighted by molar-refractivity contribution is -0.138. The van der Waals surface area contributed by atoms with Gasteiger partial charge in [-0.05, 0) is 18.4 Å². The summed E-state index contributed by atoms with van der Waals surface area (Å²) < 4.78 is 0. The molecule has 7 heteroatoms. The number of urea groups is 1. The van der Waals surface area contributed by atoms with Gasteiger partial charge in [0.1, 0.15) is 0 Å². The van der Waals surface area contributed by atoms with Gasteiger partial charge in [-0.2, -0.15) is 0 Å². The number of rotatable bonds is 4. The van der Waals surface area contributed by atoms with E-state index in [0.29, 0.717) is 0 Å². The maximum atomic E-state index is 12.0. The van der Waals surface area contributed by atoms with E-state index in [2.05, 4.69) is 27.3 Å². The van der Waals surface area contributed by atoms with Crippen LogP contribution in [-0.2, 0) is 16.1 Å². The van der Waals surface area contributed by atoms with Gasteiger partial charge in [0, 0.05) is 32.9 Å². The van der Waals surface area contributed by atoms with Crippen LogP contribution in [0.15, 0.2) is 35.3 Å². The highest BCUT2D eigenvalue weighted by molar-refractivity contribution is 6.23.